The second-order valence-electron chi connectivity index (χ2n) is 7.10. The van der Waals surface area contributed by atoms with Crippen molar-refractivity contribution in [1.82, 2.24) is 15.0 Å². The summed E-state index contributed by atoms with van der Waals surface area (Å²) < 4.78 is 6.45. The maximum Gasteiger partial charge on any atom is 0.320 e. The molecule has 7 nitrogen and oxygen atoms in total. The van der Waals surface area contributed by atoms with E-state index in [1.54, 1.807) is 0 Å². The normalized spacial score (nSPS) is 15.9. The highest BCUT2D eigenvalue weighted by molar-refractivity contribution is 7.17. The Morgan fingerprint density at radius 1 is 1.33 bits per heavy atom. The van der Waals surface area contributed by atoms with Gasteiger partial charge in [0.15, 0.2) is 11.5 Å². The molecule has 3 aromatic rings. The number of fused-ring (bicyclic) bond motifs is 1. The molecule has 0 radical (unpaired) electrons. The lowest BCUT2D eigenvalue weighted by molar-refractivity contribution is 0.213. The Morgan fingerprint density at radius 3 is 2.89 bits per heavy atom. The maximum absolute atomic E-state index is 11.8. The lowest BCUT2D eigenvalue weighted by Gasteiger charge is -2.28. The second-order valence-corrected chi connectivity index (χ2v) is 8.08. The van der Waals surface area contributed by atoms with Gasteiger partial charge >= 0.3 is 10.9 Å². The van der Waals surface area contributed by atoms with Crippen LogP contribution < -0.4 is 14.9 Å². The van der Waals surface area contributed by atoms with Gasteiger partial charge in [-0.2, -0.15) is 9.97 Å². The fourth-order valence-electron chi connectivity index (χ4n) is 3.55. The molecule has 142 valence electrons. The van der Waals surface area contributed by atoms with Crippen molar-refractivity contribution >= 4 is 27.5 Å². The molecule has 0 aliphatic heterocycles. The van der Waals surface area contributed by atoms with Gasteiger partial charge in [0.2, 0.25) is 0 Å². The third kappa shape index (κ3) is 3.81. The molecule has 1 aromatic carbocycles. The number of hydrogen-bond acceptors (Lipinski definition) is 7. The first-order valence-electron chi connectivity index (χ1n) is 9.05. The van der Waals surface area contributed by atoms with Crippen LogP contribution in [0.4, 0.5) is 5.82 Å². The van der Waals surface area contributed by atoms with Gasteiger partial charge in [0.25, 0.3) is 0 Å². The van der Waals surface area contributed by atoms with Gasteiger partial charge in [-0.3, -0.25) is 9.78 Å². The van der Waals surface area contributed by atoms with E-state index in [1.165, 1.54) is 0 Å². The summed E-state index contributed by atoms with van der Waals surface area (Å²) in [4.78, 5) is 23.2. The molecule has 0 amide bonds. The summed E-state index contributed by atoms with van der Waals surface area (Å²) in [5, 5.41) is 13.3. The van der Waals surface area contributed by atoms with Crippen molar-refractivity contribution in [3.63, 3.8) is 0 Å². The Hall–Kier alpha value is -2.45. The molecule has 8 heteroatoms. The van der Waals surface area contributed by atoms with Gasteiger partial charge < -0.3 is 15.2 Å². The number of aryl methyl sites for hydroxylation is 1. The Labute approximate surface area is 160 Å². The van der Waals surface area contributed by atoms with E-state index >= 15 is 0 Å². The van der Waals surface area contributed by atoms with Crippen LogP contribution in [0.1, 0.15) is 36.8 Å². The number of anilines is 1. The summed E-state index contributed by atoms with van der Waals surface area (Å²) in [5.74, 6) is 0.540. The summed E-state index contributed by atoms with van der Waals surface area (Å²) >= 11 is 1.06. The predicted octanol–water partition coefficient (Wildman–Crippen LogP) is 2.98. The van der Waals surface area contributed by atoms with Crippen molar-refractivity contribution < 1.29 is 9.84 Å². The van der Waals surface area contributed by atoms with Crippen LogP contribution in [0, 0.1) is 6.92 Å². The van der Waals surface area contributed by atoms with Crippen LogP contribution in [0.15, 0.2) is 29.1 Å². The van der Waals surface area contributed by atoms with Crippen LogP contribution >= 0.6 is 11.3 Å². The zero-order valence-electron chi connectivity index (χ0n) is 15.1. The SMILES string of the molecule is Cc1cccc(COc2nc(NC3(CO)CCCC3)c3sc(=O)[nH]c3n2)c1. The minimum Gasteiger partial charge on any atom is -0.458 e. The zero-order valence-corrected chi connectivity index (χ0v) is 15.9. The summed E-state index contributed by atoms with van der Waals surface area (Å²) in [6, 6.07) is 8.23. The molecule has 0 atom stereocenters. The van der Waals surface area contributed by atoms with Crippen molar-refractivity contribution in [2.75, 3.05) is 11.9 Å². The molecule has 1 saturated carbocycles. The molecular weight excluding hydrogens is 364 g/mol. The van der Waals surface area contributed by atoms with Crippen LogP contribution in [0.3, 0.4) is 0 Å². The number of aliphatic hydroxyl groups excluding tert-OH is 1. The minimum atomic E-state index is -0.401. The molecule has 0 saturated heterocycles. The van der Waals surface area contributed by atoms with Gasteiger partial charge in [-0.1, -0.05) is 54.0 Å². The first-order chi connectivity index (χ1) is 13.1. The molecule has 1 aliphatic rings. The van der Waals surface area contributed by atoms with Gasteiger partial charge in [-0.05, 0) is 25.3 Å². The first kappa shape index (κ1) is 17.9. The van der Waals surface area contributed by atoms with Crippen LogP contribution in [0.5, 0.6) is 6.01 Å². The topological polar surface area (TPSA) is 100 Å². The lowest BCUT2D eigenvalue weighted by Crippen LogP contribution is -2.39. The number of aliphatic hydroxyl groups is 1. The fourth-order valence-corrected chi connectivity index (χ4v) is 4.27. The number of ether oxygens (including phenoxy) is 1. The molecule has 4 rings (SSSR count). The van der Waals surface area contributed by atoms with Gasteiger partial charge in [0, 0.05) is 0 Å². The van der Waals surface area contributed by atoms with Crippen LogP contribution in [-0.4, -0.2) is 32.2 Å². The summed E-state index contributed by atoms with van der Waals surface area (Å²) in [6.45, 7) is 2.39. The van der Waals surface area contributed by atoms with E-state index in [-0.39, 0.29) is 17.5 Å². The number of H-pyrrole nitrogens is 1. The standard InChI is InChI=1S/C19H22N4O3S/c1-12-5-4-6-13(9-12)10-26-17-20-15-14(27-18(25)22-15)16(21-17)23-19(11-24)7-2-3-8-19/h4-6,9,24H,2-3,7-8,10-11H2,1H3,(H2,20,21,22,23,25). The third-order valence-electron chi connectivity index (χ3n) is 4.96. The molecule has 0 unspecified atom stereocenters. The number of thiazole rings is 1. The van der Waals surface area contributed by atoms with E-state index in [2.05, 4.69) is 20.3 Å². The summed E-state index contributed by atoms with van der Waals surface area (Å²) in [5.41, 5.74) is 2.23. The Bertz CT molecular complexity index is 1010. The third-order valence-corrected chi connectivity index (χ3v) is 5.84. The molecule has 1 fully saturated rings. The number of benzene rings is 1. The molecule has 27 heavy (non-hydrogen) atoms. The van der Waals surface area contributed by atoms with Crippen molar-refractivity contribution in [2.45, 2.75) is 44.8 Å². The molecule has 3 N–H and O–H groups in total. The predicted molar refractivity (Wildman–Crippen MR) is 105 cm³/mol. The molecule has 0 bridgehead atoms. The molecule has 2 aromatic heterocycles. The lowest BCUT2D eigenvalue weighted by atomic mass is 9.99. The highest BCUT2D eigenvalue weighted by atomic mass is 32.1. The van der Waals surface area contributed by atoms with E-state index < -0.39 is 5.54 Å². The summed E-state index contributed by atoms with van der Waals surface area (Å²) in [7, 11) is 0. The van der Waals surface area contributed by atoms with E-state index in [9.17, 15) is 9.90 Å². The van der Waals surface area contributed by atoms with E-state index in [0.29, 0.717) is 22.8 Å². The number of aromatic nitrogens is 3. The molecule has 0 spiro atoms. The van der Waals surface area contributed by atoms with Crippen molar-refractivity contribution in [3.8, 4) is 6.01 Å². The fraction of sp³-hybridized carbons (Fsp3) is 0.421. The van der Waals surface area contributed by atoms with Crippen LogP contribution in [0.25, 0.3) is 10.3 Å². The van der Waals surface area contributed by atoms with Crippen LogP contribution in [-0.2, 0) is 6.61 Å². The Balaban J connectivity index is 1.64. The molecule has 2 heterocycles. The van der Waals surface area contributed by atoms with E-state index in [0.717, 1.165) is 48.1 Å². The monoisotopic (exact) mass is 386 g/mol. The molecule has 1 aliphatic carbocycles. The number of nitrogens with zero attached hydrogens (tertiary/aromatic N) is 2. The van der Waals surface area contributed by atoms with E-state index in [4.69, 9.17) is 4.74 Å². The highest BCUT2D eigenvalue weighted by Crippen LogP contribution is 2.35. The quantitative estimate of drug-likeness (QED) is 0.602. The van der Waals surface area contributed by atoms with Crippen molar-refractivity contribution in [1.29, 1.82) is 0 Å². The average molecular weight is 386 g/mol. The number of rotatable bonds is 6. The Kier molecular flexibility index (Phi) is 4.84. The second kappa shape index (κ2) is 7.28. The summed E-state index contributed by atoms with van der Waals surface area (Å²) in [6.07, 6.45) is 3.85. The largest absolute Gasteiger partial charge is 0.458 e. The maximum atomic E-state index is 11.8. The average Bonchev–Trinajstić information content (AvgIpc) is 3.26. The smallest absolute Gasteiger partial charge is 0.320 e. The van der Waals surface area contributed by atoms with Gasteiger partial charge in [0.1, 0.15) is 11.3 Å². The Morgan fingerprint density at radius 2 is 2.15 bits per heavy atom. The highest BCUT2D eigenvalue weighted by Gasteiger charge is 2.34. The minimum absolute atomic E-state index is 0.0251. The first-order valence-corrected chi connectivity index (χ1v) is 9.87. The number of hydrogen-bond donors (Lipinski definition) is 3. The van der Waals surface area contributed by atoms with Gasteiger partial charge in [-0.15, -0.1) is 0 Å². The van der Waals surface area contributed by atoms with Crippen LogP contribution in [0.2, 0.25) is 0 Å². The van der Waals surface area contributed by atoms with Crippen molar-refractivity contribution in [2.24, 2.45) is 0 Å². The zero-order chi connectivity index (χ0) is 18.9. The van der Waals surface area contributed by atoms with Crippen molar-refractivity contribution in [3.05, 3.63) is 45.1 Å². The van der Waals surface area contributed by atoms with Gasteiger partial charge in [-0.25, -0.2) is 0 Å². The number of aromatic amines is 1. The van der Waals surface area contributed by atoms with Gasteiger partial charge in [0.05, 0.1) is 12.1 Å². The number of nitrogens with one attached hydrogen (secondary N) is 2. The van der Waals surface area contributed by atoms with E-state index in [1.807, 2.05) is 31.2 Å². The molecular formula is C19H22N4O3S.